The molecule has 2 rings (SSSR count). The first kappa shape index (κ1) is 10.9. The smallest absolute Gasteiger partial charge is 0.242 e. The van der Waals surface area contributed by atoms with Gasteiger partial charge in [0.15, 0.2) is 11.6 Å². The number of carbonyl (C=O) groups excluding carboxylic acids is 1. The predicted molar refractivity (Wildman–Crippen MR) is 60.4 cm³/mol. The van der Waals surface area contributed by atoms with Crippen molar-refractivity contribution in [3.8, 4) is 5.75 Å². The van der Waals surface area contributed by atoms with E-state index in [4.69, 9.17) is 4.74 Å². The minimum absolute atomic E-state index is 0.0468. The van der Waals surface area contributed by atoms with Gasteiger partial charge in [-0.25, -0.2) is 4.98 Å². The van der Waals surface area contributed by atoms with Crippen LogP contribution in [0.4, 0.5) is 5.82 Å². The third-order valence-electron chi connectivity index (χ3n) is 2.61. The zero-order chi connectivity index (χ0) is 11.4. The molecule has 0 unspecified atom stereocenters. The molecule has 86 valence electrons. The second-order valence-corrected chi connectivity index (χ2v) is 3.69. The second kappa shape index (κ2) is 4.94. The van der Waals surface area contributed by atoms with E-state index in [1.54, 1.807) is 25.4 Å². The van der Waals surface area contributed by atoms with Gasteiger partial charge in [-0.1, -0.05) is 0 Å². The highest BCUT2D eigenvalue weighted by Crippen LogP contribution is 2.20. The lowest BCUT2D eigenvalue weighted by molar-refractivity contribution is -0.117. The molecule has 0 aromatic carbocycles. The number of methoxy groups -OCH3 is 1. The fourth-order valence-electron chi connectivity index (χ4n) is 1.76. The summed E-state index contributed by atoms with van der Waals surface area (Å²) in [6, 6.07) is 3.43. The van der Waals surface area contributed by atoms with E-state index in [2.05, 4.69) is 15.6 Å². The SMILES string of the molecule is COc1cccnc1NC(=O)[C@@H]1CCCN1. The zero-order valence-corrected chi connectivity index (χ0v) is 9.19. The fourth-order valence-corrected chi connectivity index (χ4v) is 1.76. The van der Waals surface area contributed by atoms with Gasteiger partial charge in [0.2, 0.25) is 5.91 Å². The number of aromatic nitrogens is 1. The maximum Gasteiger partial charge on any atom is 0.242 e. The molecule has 5 heteroatoms. The van der Waals surface area contributed by atoms with Crippen molar-refractivity contribution in [3.63, 3.8) is 0 Å². The molecule has 5 nitrogen and oxygen atoms in total. The minimum atomic E-state index is -0.105. The molecular formula is C11H15N3O2. The van der Waals surface area contributed by atoms with E-state index in [0.717, 1.165) is 19.4 Å². The van der Waals surface area contributed by atoms with Gasteiger partial charge in [-0.3, -0.25) is 4.79 Å². The number of hydrogen-bond donors (Lipinski definition) is 2. The number of ether oxygens (including phenoxy) is 1. The number of hydrogen-bond acceptors (Lipinski definition) is 4. The molecule has 2 heterocycles. The third-order valence-corrected chi connectivity index (χ3v) is 2.61. The van der Waals surface area contributed by atoms with Crippen LogP contribution in [0.3, 0.4) is 0 Å². The molecule has 0 spiro atoms. The van der Waals surface area contributed by atoms with Gasteiger partial charge in [0.25, 0.3) is 0 Å². The molecule has 0 saturated carbocycles. The van der Waals surface area contributed by atoms with Crippen molar-refractivity contribution >= 4 is 11.7 Å². The van der Waals surface area contributed by atoms with Crippen LogP contribution in [0, 0.1) is 0 Å². The maximum absolute atomic E-state index is 11.8. The van der Waals surface area contributed by atoms with E-state index in [9.17, 15) is 4.79 Å². The van der Waals surface area contributed by atoms with E-state index in [1.807, 2.05) is 0 Å². The van der Waals surface area contributed by atoms with Crippen LogP contribution < -0.4 is 15.4 Å². The molecule has 1 saturated heterocycles. The topological polar surface area (TPSA) is 63.2 Å². The number of nitrogens with zero attached hydrogens (tertiary/aromatic N) is 1. The Hall–Kier alpha value is -1.62. The van der Waals surface area contributed by atoms with Crippen LogP contribution >= 0.6 is 0 Å². The first-order valence-electron chi connectivity index (χ1n) is 5.34. The summed E-state index contributed by atoms with van der Waals surface area (Å²) in [4.78, 5) is 15.9. The van der Waals surface area contributed by atoms with Crippen molar-refractivity contribution in [2.24, 2.45) is 0 Å². The van der Waals surface area contributed by atoms with Crippen LogP contribution in [0.25, 0.3) is 0 Å². The molecule has 1 atom stereocenters. The summed E-state index contributed by atoms with van der Waals surface area (Å²) in [5.41, 5.74) is 0. The first-order valence-corrected chi connectivity index (χ1v) is 5.34. The van der Waals surface area contributed by atoms with Gasteiger partial charge in [-0.05, 0) is 31.5 Å². The molecule has 0 radical (unpaired) electrons. The number of amides is 1. The van der Waals surface area contributed by atoms with E-state index in [0.29, 0.717) is 11.6 Å². The summed E-state index contributed by atoms with van der Waals surface area (Å²) in [5, 5.41) is 5.90. The quantitative estimate of drug-likeness (QED) is 0.791. The number of carbonyl (C=O) groups is 1. The number of nitrogens with one attached hydrogen (secondary N) is 2. The Morgan fingerprint density at radius 1 is 1.69 bits per heavy atom. The van der Waals surface area contributed by atoms with Gasteiger partial charge in [-0.2, -0.15) is 0 Å². The Morgan fingerprint density at radius 2 is 2.56 bits per heavy atom. The predicted octanol–water partition coefficient (Wildman–Crippen LogP) is 0.781. The van der Waals surface area contributed by atoms with Crippen molar-refractivity contribution in [1.82, 2.24) is 10.3 Å². The summed E-state index contributed by atoms with van der Waals surface area (Å²) >= 11 is 0. The largest absolute Gasteiger partial charge is 0.493 e. The Balaban J connectivity index is 2.05. The van der Waals surface area contributed by atoms with Gasteiger partial charge >= 0.3 is 0 Å². The van der Waals surface area contributed by atoms with E-state index >= 15 is 0 Å². The molecule has 1 fully saturated rings. The Kier molecular flexibility index (Phi) is 3.36. The highest BCUT2D eigenvalue weighted by Gasteiger charge is 2.22. The molecule has 0 bridgehead atoms. The first-order chi connectivity index (χ1) is 7.81. The summed E-state index contributed by atoms with van der Waals surface area (Å²) in [7, 11) is 1.56. The maximum atomic E-state index is 11.8. The molecule has 2 N–H and O–H groups in total. The third kappa shape index (κ3) is 2.30. The highest BCUT2D eigenvalue weighted by molar-refractivity contribution is 5.95. The molecule has 1 aliphatic rings. The van der Waals surface area contributed by atoms with Crippen LogP contribution in [0.5, 0.6) is 5.75 Å². The van der Waals surface area contributed by atoms with Gasteiger partial charge in [0.1, 0.15) is 0 Å². The highest BCUT2D eigenvalue weighted by atomic mass is 16.5. The standard InChI is InChI=1S/C11H15N3O2/c1-16-9-5-3-7-13-10(9)14-11(15)8-4-2-6-12-8/h3,5,7-8,12H,2,4,6H2,1H3,(H,13,14,15)/t8-/m0/s1. The Bertz CT molecular complexity index is 375. The summed E-state index contributed by atoms with van der Waals surface area (Å²) in [6.07, 6.45) is 3.54. The molecule has 1 aliphatic heterocycles. The van der Waals surface area contributed by atoms with Crippen molar-refractivity contribution in [2.75, 3.05) is 19.0 Å². The molecule has 1 aromatic heterocycles. The van der Waals surface area contributed by atoms with Crippen molar-refractivity contribution in [2.45, 2.75) is 18.9 Å². The molecule has 0 aliphatic carbocycles. The lowest BCUT2D eigenvalue weighted by Crippen LogP contribution is -2.35. The Morgan fingerprint density at radius 3 is 3.25 bits per heavy atom. The van der Waals surface area contributed by atoms with E-state index in [1.165, 1.54) is 0 Å². The lowest BCUT2D eigenvalue weighted by atomic mass is 10.2. The van der Waals surface area contributed by atoms with Gasteiger partial charge in [-0.15, -0.1) is 0 Å². The number of pyridine rings is 1. The van der Waals surface area contributed by atoms with Crippen molar-refractivity contribution in [3.05, 3.63) is 18.3 Å². The van der Waals surface area contributed by atoms with Crippen LogP contribution in [0.15, 0.2) is 18.3 Å². The molecular weight excluding hydrogens is 206 g/mol. The second-order valence-electron chi connectivity index (χ2n) is 3.69. The Labute approximate surface area is 94.2 Å². The average Bonchev–Trinajstić information content (AvgIpc) is 2.83. The summed E-state index contributed by atoms with van der Waals surface area (Å²) in [5.74, 6) is 1.01. The zero-order valence-electron chi connectivity index (χ0n) is 9.19. The van der Waals surface area contributed by atoms with Gasteiger partial charge in [0.05, 0.1) is 13.2 Å². The van der Waals surface area contributed by atoms with E-state index < -0.39 is 0 Å². The normalized spacial score (nSPS) is 19.4. The number of rotatable bonds is 3. The monoisotopic (exact) mass is 221 g/mol. The van der Waals surface area contributed by atoms with Gasteiger partial charge in [0, 0.05) is 6.20 Å². The lowest BCUT2D eigenvalue weighted by Gasteiger charge is -2.12. The summed E-state index contributed by atoms with van der Waals surface area (Å²) < 4.78 is 5.11. The van der Waals surface area contributed by atoms with Crippen LogP contribution in [0.1, 0.15) is 12.8 Å². The average molecular weight is 221 g/mol. The summed E-state index contributed by atoms with van der Waals surface area (Å²) in [6.45, 7) is 0.900. The molecule has 16 heavy (non-hydrogen) atoms. The van der Waals surface area contributed by atoms with Crippen LogP contribution in [-0.4, -0.2) is 30.6 Å². The fraction of sp³-hybridized carbons (Fsp3) is 0.455. The van der Waals surface area contributed by atoms with Crippen molar-refractivity contribution < 1.29 is 9.53 Å². The van der Waals surface area contributed by atoms with Crippen LogP contribution in [-0.2, 0) is 4.79 Å². The molecule has 1 amide bonds. The number of anilines is 1. The van der Waals surface area contributed by atoms with E-state index in [-0.39, 0.29) is 11.9 Å². The van der Waals surface area contributed by atoms with Gasteiger partial charge < -0.3 is 15.4 Å². The van der Waals surface area contributed by atoms with Crippen LogP contribution in [0.2, 0.25) is 0 Å². The minimum Gasteiger partial charge on any atom is -0.493 e. The van der Waals surface area contributed by atoms with Crippen molar-refractivity contribution in [1.29, 1.82) is 0 Å². The molecule has 1 aromatic rings.